The van der Waals surface area contributed by atoms with Crippen LogP contribution < -0.4 is 15.2 Å². The van der Waals surface area contributed by atoms with Crippen molar-refractivity contribution in [2.75, 3.05) is 7.11 Å². The second-order valence-electron chi connectivity index (χ2n) is 9.54. The Kier molecular flexibility index (Phi) is 8.38. The van der Waals surface area contributed by atoms with E-state index in [9.17, 15) is 14.4 Å². The van der Waals surface area contributed by atoms with Crippen LogP contribution in [0.1, 0.15) is 59.9 Å². The molecular weight excluding hydrogens is 374 g/mol. The standard InChI is InChI=1S/C22H33NO6/c1-21(2,3)12-18(24)28-16-9-8-14(10-15(23)20(26)27-7)11-17(16)29-19(25)13-22(4,5)6/h8-9,11,15H,10,12-13,23H2,1-7H3/t15-/m0/s1. The Morgan fingerprint density at radius 3 is 1.83 bits per heavy atom. The summed E-state index contributed by atoms with van der Waals surface area (Å²) < 4.78 is 15.6. The first kappa shape index (κ1) is 24.6. The molecule has 1 rings (SSSR count). The summed E-state index contributed by atoms with van der Waals surface area (Å²) in [5.41, 5.74) is 5.96. The van der Waals surface area contributed by atoms with Crippen molar-refractivity contribution in [1.29, 1.82) is 0 Å². The third-order valence-corrected chi connectivity index (χ3v) is 3.76. The Morgan fingerprint density at radius 2 is 1.38 bits per heavy atom. The first-order chi connectivity index (χ1) is 13.2. The Morgan fingerprint density at radius 1 is 0.897 bits per heavy atom. The van der Waals surface area contributed by atoms with E-state index in [2.05, 4.69) is 4.74 Å². The predicted molar refractivity (Wildman–Crippen MR) is 110 cm³/mol. The van der Waals surface area contributed by atoms with Gasteiger partial charge in [-0.1, -0.05) is 47.6 Å². The molecule has 0 unspecified atom stereocenters. The number of carbonyl (C=O) groups excluding carboxylic acids is 3. The number of hydrogen-bond donors (Lipinski definition) is 1. The summed E-state index contributed by atoms with van der Waals surface area (Å²) in [4.78, 5) is 36.1. The van der Waals surface area contributed by atoms with Crippen molar-refractivity contribution >= 4 is 17.9 Å². The quantitative estimate of drug-likeness (QED) is 0.545. The van der Waals surface area contributed by atoms with E-state index in [4.69, 9.17) is 15.2 Å². The lowest BCUT2D eigenvalue weighted by atomic mass is 9.92. The average molecular weight is 408 g/mol. The third kappa shape index (κ3) is 9.56. The van der Waals surface area contributed by atoms with E-state index >= 15 is 0 Å². The zero-order chi connectivity index (χ0) is 22.4. The molecule has 1 atom stereocenters. The van der Waals surface area contributed by atoms with Gasteiger partial charge in [-0.3, -0.25) is 14.4 Å². The highest BCUT2D eigenvalue weighted by Crippen LogP contribution is 2.32. The summed E-state index contributed by atoms with van der Waals surface area (Å²) in [6, 6.07) is 3.92. The molecule has 0 fully saturated rings. The largest absolute Gasteiger partial charge is 0.468 e. The molecule has 0 spiro atoms. The molecule has 1 aromatic carbocycles. The fraction of sp³-hybridized carbons (Fsp3) is 0.591. The van der Waals surface area contributed by atoms with Crippen molar-refractivity contribution in [3.8, 4) is 11.5 Å². The van der Waals surface area contributed by atoms with Crippen LogP contribution in [0.3, 0.4) is 0 Å². The van der Waals surface area contributed by atoms with Crippen LogP contribution in [0, 0.1) is 10.8 Å². The molecule has 0 saturated heterocycles. The summed E-state index contributed by atoms with van der Waals surface area (Å²) in [7, 11) is 1.26. The van der Waals surface area contributed by atoms with E-state index in [1.807, 2.05) is 41.5 Å². The Hall–Kier alpha value is -2.41. The maximum Gasteiger partial charge on any atom is 0.322 e. The third-order valence-electron chi connectivity index (χ3n) is 3.76. The molecule has 29 heavy (non-hydrogen) atoms. The minimum atomic E-state index is -0.854. The topological polar surface area (TPSA) is 105 Å². The molecule has 162 valence electrons. The van der Waals surface area contributed by atoms with E-state index in [1.54, 1.807) is 18.2 Å². The molecule has 1 aromatic rings. The Bertz CT molecular complexity index is 743. The molecule has 0 aliphatic carbocycles. The van der Waals surface area contributed by atoms with Crippen molar-refractivity contribution in [3.05, 3.63) is 23.8 Å². The molecule has 0 aromatic heterocycles. The number of methoxy groups -OCH3 is 1. The summed E-state index contributed by atoms with van der Waals surface area (Å²) >= 11 is 0. The number of hydrogen-bond acceptors (Lipinski definition) is 7. The fourth-order valence-corrected chi connectivity index (χ4v) is 2.52. The lowest BCUT2D eigenvalue weighted by Crippen LogP contribution is -2.33. The Balaban J connectivity index is 3.10. The van der Waals surface area contributed by atoms with E-state index < -0.39 is 23.9 Å². The van der Waals surface area contributed by atoms with Crippen LogP contribution in [-0.4, -0.2) is 31.1 Å². The molecule has 0 saturated carbocycles. The number of nitrogens with two attached hydrogens (primary N) is 1. The van der Waals surface area contributed by atoms with Crippen LogP contribution in [0.4, 0.5) is 0 Å². The first-order valence-electron chi connectivity index (χ1n) is 9.58. The summed E-state index contributed by atoms with van der Waals surface area (Å²) in [6.07, 6.45) is 0.582. The SMILES string of the molecule is COC(=O)[C@@H](N)Cc1ccc(OC(=O)CC(C)(C)C)c(OC(=O)CC(C)(C)C)c1. The van der Waals surface area contributed by atoms with Crippen LogP contribution >= 0.6 is 0 Å². The highest BCUT2D eigenvalue weighted by molar-refractivity contribution is 5.77. The van der Waals surface area contributed by atoms with Gasteiger partial charge in [-0.25, -0.2) is 0 Å². The fourth-order valence-electron chi connectivity index (χ4n) is 2.52. The van der Waals surface area contributed by atoms with Crippen molar-refractivity contribution < 1.29 is 28.6 Å². The molecule has 0 aliphatic rings. The molecule has 0 aliphatic heterocycles. The van der Waals surface area contributed by atoms with E-state index in [0.717, 1.165) is 0 Å². The molecule has 0 bridgehead atoms. The number of esters is 3. The summed E-state index contributed by atoms with van der Waals surface area (Å²) in [6.45, 7) is 11.5. The molecule has 2 N–H and O–H groups in total. The van der Waals surface area contributed by atoms with Gasteiger partial charge in [0.1, 0.15) is 6.04 Å². The molecule has 0 radical (unpaired) electrons. The van der Waals surface area contributed by atoms with Crippen molar-refractivity contribution in [3.63, 3.8) is 0 Å². The number of carbonyl (C=O) groups is 3. The van der Waals surface area contributed by atoms with Gasteiger partial charge in [0.05, 0.1) is 20.0 Å². The van der Waals surface area contributed by atoms with E-state index in [1.165, 1.54) is 7.11 Å². The number of rotatable bonds is 7. The molecule has 0 heterocycles. The maximum atomic E-state index is 12.3. The van der Waals surface area contributed by atoms with Gasteiger partial charge >= 0.3 is 17.9 Å². The minimum Gasteiger partial charge on any atom is -0.468 e. The summed E-state index contributed by atoms with van der Waals surface area (Å²) in [5, 5.41) is 0. The molecular formula is C22H33NO6. The summed E-state index contributed by atoms with van der Waals surface area (Å²) in [5.74, 6) is -1.14. The molecule has 7 heteroatoms. The van der Waals surface area contributed by atoms with Gasteiger partial charge in [0.25, 0.3) is 0 Å². The van der Waals surface area contributed by atoms with E-state index in [0.29, 0.717) is 5.56 Å². The van der Waals surface area contributed by atoms with Crippen LogP contribution in [0.25, 0.3) is 0 Å². The first-order valence-corrected chi connectivity index (χ1v) is 9.58. The van der Waals surface area contributed by atoms with Gasteiger partial charge < -0.3 is 19.9 Å². The van der Waals surface area contributed by atoms with Gasteiger partial charge in [-0.05, 0) is 34.9 Å². The molecule has 0 amide bonds. The zero-order valence-electron chi connectivity index (χ0n) is 18.5. The monoisotopic (exact) mass is 407 g/mol. The Labute approximate surface area is 172 Å². The van der Waals surface area contributed by atoms with Crippen LogP contribution in [-0.2, 0) is 25.5 Å². The minimum absolute atomic E-state index is 0.121. The second kappa shape index (κ2) is 9.87. The predicted octanol–water partition coefficient (Wildman–Crippen LogP) is 3.41. The zero-order valence-corrected chi connectivity index (χ0v) is 18.5. The van der Waals surface area contributed by atoms with Crippen LogP contribution in [0.15, 0.2) is 18.2 Å². The van der Waals surface area contributed by atoms with E-state index in [-0.39, 0.29) is 41.6 Å². The lowest BCUT2D eigenvalue weighted by Gasteiger charge is -2.19. The van der Waals surface area contributed by atoms with Gasteiger partial charge in [0, 0.05) is 0 Å². The van der Waals surface area contributed by atoms with Gasteiger partial charge in [-0.15, -0.1) is 0 Å². The highest BCUT2D eigenvalue weighted by atomic mass is 16.6. The second-order valence-corrected chi connectivity index (χ2v) is 9.54. The lowest BCUT2D eigenvalue weighted by molar-refractivity contribution is -0.142. The number of benzene rings is 1. The van der Waals surface area contributed by atoms with Crippen molar-refractivity contribution in [2.45, 2.75) is 66.8 Å². The molecule has 7 nitrogen and oxygen atoms in total. The van der Waals surface area contributed by atoms with Crippen LogP contribution in [0.2, 0.25) is 0 Å². The average Bonchev–Trinajstić information content (AvgIpc) is 2.52. The van der Waals surface area contributed by atoms with Crippen LogP contribution in [0.5, 0.6) is 11.5 Å². The number of ether oxygens (including phenoxy) is 3. The van der Waals surface area contributed by atoms with Gasteiger partial charge in [0.15, 0.2) is 11.5 Å². The maximum absolute atomic E-state index is 12.3. The normalized spacial score (nSPS) is 12.8. The van der Waals surface area contributed by atoms with Crippen molar-refractivity contribution in [2.24, 2.45) is 16.6 Å². The smallest absolute Gasteiger partial charge is 0.322 e. The highest BCUT2D eigenvalue weighted by Gasteiger charge is 2.23. The van der Waals surface area contributed by atoms with Gasteiger partial charge in [-0.2, -0.15) is 0 Å². The van der Waals surface area contributed by atoms with Gasteiger partial charge in [0.2, 0.25) is 0 Å². The van der Waals surface area contributed by atoms with Crippen molar-refractivity contribution in [1.82, 2.24) is 0 Å².